The summed E-state index contributed by atoms with van der Waals surface area (Å²) in [6, 6.07) is 5.23. The van der Waals surface area contributed by atoms with E-state index in [1.54, 1.807) is 4.90 Å². The highest BCUT2D eigenvalue weighted by atomic mass is 32.1. The van der Waals surface area contributed by atoms with Gasteiger partial charge in [-0.2, -0.15) is 0 Å². The van der Waals surface area contributed by atoms with Gasteiger partial charge in [0.2, 0.25) is 5.82 Å². The summed E-state index contributed by atoms with van der Waals surface area (Å²) in [5.41, 5.74) is 0. The first-order valence-electron chi connectivity index (χ1n) is 9.09. The maximum absolute atomic E-state index is 4.51. The van der Waals surface area contributed by atoms with E-state index in [1.807, 2.05) is 11.3 Å². The monoisotopic (exact) mass is 332 g/mol. The van der Waals surface area contributed by atoms with Gasteiger partial charge in [-0.15, -0.1) is 16.4 Å². The first-order valence-corrected chi connectivity index (χ1v) is 9.97. The third-order valence-corrected chi connectivity index (χ3v) is 6.37. The van der Waals surface area contributed by atoms with Crippen LogP contribution in [0, 0.1) is 0 Å². The summed E-state index contributed by atoms with van der Waals surface area (Å²) in [5, 5.41) is 15.2. The fourth-order valence-electron chi connectivity index (χ4n) is 4.24. The van der Waals surface area contributed by atoms with Crippen molar-refractivity contribution in [3.8, 4) is 0 Å². The topological polar surface area (TPSA) is 48.0 Å². The molecule has 2 aromatic rings. The summed E-state index contributed by atoms with van der Waals surface area (Å²) in [6.07, 6.45) is 10.4. The van der Waals surface area contributed by atoms with E-state index in [0.29, 0.717) is 12.1 Å². The number of quaternary nitrogens is 1. The molecule has 0 radical (unpaired) electrons. The Balaban J connectivity index is 1.67. The lowest BCUT2D eigenvalue weighted by Gasteiger charge is -2.31. The molecule has 1 aliphatic heterocycles. The van der Waals surface area contributed by atoms with Crippen LogP contribution in [-0.4, -0.2) is 33.3 Å². The zero-order valence-electron chi connectivity index (χ0n) is 13.7. The molecule has 1 aliphatic carbocycles. The van der Waals surface area contributed by atoms with E-state index in [9.17, 15) is 0 Å². The Morgan fingerprint density at radius 1 is 1.09 bits per heavy atom. The fraction of sp³-hybridized carbons (Fsp3) is 0.706. The van der Waals surface area contributed by atoms with Gasteiger partial charge in [-0.1, -0.05) is 25.3 Å². The van der Waals surface area contributed by atoms with Gasteiger partial charge in [-0.25, -0.2) is 4.68 Å². The Morgan fingerprint density at radius 2 is 1.87 bits per heavy atom. The van der Waals surface area contributed by atoms with Crippen molar-refractivity contribution < 1.29 is 4.90 Å². The van der Waals surface area contributed by atoms with Crippen molar-refractivity contribution in [1.29, 1.82) is 0 Å². The minimum atomic E-state index is 0.312. The van der Waals surface area contributed by atoms with Crippen molar-refractivity contribution in [1.82, 2.24) is 20.2 Å². The minimum absolute atomic E-state index is 0.312. The van der Waals surface area contributed by atoms with Crippen molar-refractivity contribution in [2.24, 2.45) is 0 Å². The fourth-order valence-corrected chi connectivity index (χ4v) is 5.12. The maximum Gasteiger partial charge on any atom is 0.215 e. The summed E-state index contributed by atoms with van der Waals surface area (Å²) >= 11 is 1.85. The van der Waals surface area contributed by atoms with Crippen LogP contribution in [0.3, 0.4) is 0 Å². The molecule has 0 amide bonds. The molecule has 23 heavy (non-hydrogen) atoms. The average Bonchev–Trinajstić information content (AvgIpc) is 3.30. The molecule has 6 heteroatoms. The second kappa shape index (κ2) is 7.09. The average molecular weight is 332 g/mol. The molecule has 1 saturated heterocycles. The number of hydrogen-bond donors (Lipinski definition) is 1. The lowest BCUT2D eigenvalue weighted by molar-refractivity contribution is -0.930. The van der Waals surface area contributed by atoms with E-state index in [1.165, 1.54) is 69.3 Å². The molecule has 3 heterocycles. The second-order valence-electron chi connectivity index (χ2n) is 6.94. The van der Waals surface area contributed by atoms with Crippen LogP contribution in [0.5, 0.6) is 0 Å². The SMILES string of the molecule is c1csc([C@@H](c2nnnn2C2CCCCC2)[NH+]2CCCCC2)c1. The highest BCUT2D eigenvalue weighted by Crippen LogP contribution is 2.31. The van der Waals surface area contributed by atoms with E-state index >= 15 is 0 Å². The Bertz CT molecular complexity index is 596. The van der Waals surface area contributed by atoms with Crippen LogP contribution in [0.2, 0.25) is 0 Å². The number of aromatic nitrogens is 4. The van der Waals surface area contributed by atoms with Gasteiger partial charge < -0.3 is 4.90 Å². The Kier molecular flexibility index (Phi) is 4.71. The number of thiophene rings is 1. The largest absolute Gasteiger partial charge is 0.322 e. The van der Waals surface area contributed by atoms with Gasteiger partial charge in [-0.3, -0.25) is 0 Å². The van der Waals surface area contributed by atoms with Gasteiger partial charge in [0.05, 0.1) is 24.0 Å². The maximum atomic E-state index is 4.51. The lowest BCUT2D eigenvalue weighted by atomic mass is 9.95. The van der Waals surface area contributed by atoms with E-state index in [0.717, 1.165) is 5.82 Å². The van der Waals surface area contributed by atoms with Crippen LogP contribution in [0.1, 0.15) is 74.2 Å². The minimum Gasteiger partial charge on any atom is -0.322 e. The van der Waals surface area contributed by atoms with Crippen molar-refractivity contribution >= 4 is 11.3 Å². The molecule has 1 N–H and O–H groups in total. The zero-order valence-corrected chi connectivity index (χ0v) is 14.5. The van der Waals surface area contributed by atoms with Crippen LogP contribution < -0.4 is 4.90 Å². The predicted molar refractivity (Wildman–Crippen MR) is 90.6 cm³/mol. The molecule has 1 saturated carbocycles. The van der Waals surface area contributed by atoms with Crippen molar-refractivity contribution in [2.75, 3.05) is 13.1 Å². The molecule has 2 aliphatic rings. The summed E-state index contributed by atoms with van der Waals surface area (Å²) in [7, 11) is 0. The molecule has 0 aromatic carbocycles. The molecule has 2 fully saturated rings. The molecule has 1 atom stereocenters. The van der Waals surface area contributed by atoms with Gasteiger partial charge in [0, 0.05) is 0 Å². The highest BCUT2D eigenvalue weighted by Gasteiger charge is 2.35. The summed E-state index contributed by atoms with van der Waals surface area (Å²) < 4.78 is 2.17. The van der Waals surface area contributed by atoms with Gasteiger partial charge in [0.15, 0.2) is 6.04 Å². The van der Waals surface area contributed by atoms with Crippen LogP contribution >= 0.6 is 11.3 Å². The van der Waals surface area contributed by atoms with E-state index < -0.39 is 0 Å². The van der Waals surface area contributed by atoms with Crippen molar-refractivity contribution in [2.45, 2.75) is 63.5 Å². The second-order valence-corrected chi connectivity index (χ2v) is 7.92. The normalized spacial score (nSPS) is 22.3. The van der Waals surface area contributed by atoms with E-state index in [4.69, 9.17) is 0 Å². The Morgan fingerprint density at radius 3 is 2.61 bits per heavy atom. The summed E-state index contributed by atoms with van der Waals surface area (Å²) in [6.45, 7) is 2.47. The van der Waals surface area contributed by atoms with Crippen LogP contribution in [0.25, 0.3) is 0 Å². The number of nitrogens with zero attached hydrogens (tertiary/aromatic N) is 4. The summed E-state index contributed by atoms with van der Waals surface area (Å²) in [4.78, 5) is 3.05. The highest BCUT2D eigenvalue weighted by molar-refractivity contribution is 7.10. The number of rotatable bonds is 4. The molecule has 0 unspecified atom stereocenters. The first kappa shape index (κ1) is 15.3. The molecule has 124 valence electrons. The smallest absolute Gasteiger partial charge is 0.215 e. The van der Waals surface area contributed by atoms with Gasteiger partial charge in [0.1, 0.15) is 0 Å². The van der Waals surface area contributed by atoms with E-state index in [-0.39, 0.29) is 0 Å². The molecular weight excluding hydrogens is 306 g/mol. The molecular formula is C17H26N5S+. The number of likely N-dealkylation sites (tertiary alicyclic amines) is 1. The molecule has 0 bridgehead atoms. The molecule has 0 spiro atoms. The summed E-state index contributed by atoms with van der Waals surface area (Å²) in [5.74, 6) is 1.09. The standard InChI is InChI=1S/C17H25N5S/c1-3-8-14(9-4-1)22-17(18-19-20-22)16(15-10-7-13-23-15)21-11-5-2-6-12-21/h7,10,13-14,16H,1-6,8-9,11-12H2/p+1/t16-/m0/s1. The number of nitrogens with one attached hydrogen (secondary N) is 1. The van der Waals surface area contributed by atoms with Crippen molar-refractivity contribution in [3.05, 3.63) is 28.2 Å². The van der Waals surface area contributed by atoms with Gasteiger partial charge >= 0.3 is 0 Å². The molecule has 5 nitrogen and oxygen atoms in total. The Hall–Kier alpha value is -1.27. The zero-order chi connectivity index (χ0) is 15.5. The molecule has 4 rings (SSSR count). The molecule has 2 aromatic heterocycles. The number of piperidine rings is 1. The Labute approximate surface area is 141 Å². The quantitative estimate of drug-likeness (QED) is 0.935. The number of tetrazole rings is 1. The van der Waals surface area contributed by atoms with E-state index in [2.05, 4.69) is 37.7 Å². The number of hydrogen-bond acceptors (Lipinski definition) is 4. The van der Waals surface area contributed by atoms with Crippen LogP contribution in [0.15, 0.2) is 17.5 Å². The van der Waals surface area contributed by atoms with Gasteiger partial charge in [0.25, 0.3) is 0 Å². The third kappa shape index (κ3) is 3.19. The first-order chi connectivity index (χ1) is 11.4. The van der Waals surface area contributed by atoms with Crippen LogP contribution in [0.4, 0.5) is 0 Å². The van der Waals surface area contributed by atoms with Crippen molar-refractivity contribution in [3.63, 3.8) is 0 Å². The van der Waals surface area contributed by atoms with Gasteiger partial charge in [-0.05, 0) is 54.0 Å². The lowest BCUT2D eigenvalue weighted by Crippen LogP contribution is -3.13. The predicted octanol–water partition coefficient (Wildman–Crippen LogP) is 2.40. The van der Waals surface area contributed by atoms with Crippen LogP contribution in [-0.2, 0) is 0 Å². The third-order valence-electron chi connectivity index (χ3n) is 5.43.